The van der Waals surface area contributed by atoms with Crippen LogP contribution in [0.1, 0.15) is 18.9 Å². The Labute approximate surface area is 156 Å². The lowest BCUT2D eigenvalue weighted by Crippen LogP contribution is -2.26. The first-order valence-corrected chi connectivity index (χ1v) is 8.97. The molecule has 1 fully saturated rings. The van der Waals surface area contributed by atoms with E-state index in [1.807, 2.05) is 24.3 Å². The van der Waals surface area contributed by atoms with Crippen LogP contribution in [-0.4, -0.2) is 30.5 Å². The highest BCUT2D eigenvalue weighted by Crippen LogP contribution is 2.31. The van der Waals surface area contributed by atoms with Crippen molar-refractivity contribution in [3.63, 3.8) is 0 Å². The van der Waals surface area contributed by atoms with Crippen LogP contribution in [0.5, 0.6) is 0 Å². The first-order valence-electron chi connectivity index (χ1n) is 8.97. The van der Waals surface area contributed by atoms with E-state index >= 15 is 0 Å². The molecule has 4 rings (SSSR count). The Morgan fingerprint density at radius 3 is 2.74 bits per heavy atom. The second-order valence-electron chi connectivity index (χ2n) is 6.65. The second-order valence-corrected chi connectivity index (χ2v) is 6.65. The topological polar surface area (TPSA) is 72.6 Å². The van der Waals surface area contributed by atoms with Crippen molar-refractivity contribution in [2.24, 2.45) is 5.92 Å². The smallest absolute Gasteiger partial charge is 0.311 e. The molecule has 1 atom stereocenters. The van der Waals surface area contributed by atoms with Gasteiger partial charge in [-0.1, -0.05) is 19.1 Å². The van der Waals surface area contributed by atoms with Crippen LogP contribution in [0, 0.1) is 5.92 Å². The first-order chi connectivity index (χ1) is 13.1. The summed E-state index contributed by atoms with van der Waals surface area (Å²) in [4.78, 5) is 30.2. The van der Waals surface area contributed by atoms with Gasteiger partial charge in [-0.2, -0.15) is 0 Å². The van der Waals surface area contributed by atoms with Crippen LogP contribution in [-0.2, 0) is 20.7 Å². The SMILES string of the molecule is CCc1ccc(-c2nc3cc(N4CC(C(=O)OC)CC4=O)ccc3o2)cc1. The molecule has 3 aromatic rings. The second kappa shape index (κ2) is 6.87. The van der Waals surface area contributed by atoms with E-state index in [9.17, 15) is 9.59 Å². The molecule has 0 aliphatic carbocycles. The molecule has 0 spiro atoms. The van der Waals surface area contributed by atoms with Crippen molar-refractivity contribution >= 4 is 28.7 Å². The maximum absolute atomic E-state index is 12.3. The Balaban J connectivity index is 1.63. The third kappa shape index (κ3) is 3.18. The summed E-state index contributed by atoms with van der Waals surface area (Å²) in [7, 11) is 1.34. The van der Waals surface area contributed by atoms with Crippen LogP contribution in [0.15, 0.2) is 46.9 Å². The van der Waals surface area contributed by atoms with E-state index in [0.29, 0.717) is 29.2 Å². The fraction of sp³-hybridized carbons (Fsp3) is 0.286. The standard InChI is InChI=1S/C21H20N2O4/c1-3-13-4-6-14(7-5-13)20-22-17-11-16(8-9-18(17)27-20)23-12-15(10-19(23)24)21(25)26-2/h4-9,11,15H,3,10,12H2,1-2H3. The molecule has 27 heavy (non-hydrogen) atoms. The Kier molecular flexibility index (Phi) is 4.39. The van der Waals surface area contributed by atoms with Gasteiger partial charge in [0, 0.05) is 24.2 Å². The summed E-state index contributed by atoms with van der Waals surface area (Å²) in [5.41, 5.74) is 4.21. The monoisotopic (exact) mass is 364 g/mol. The summed E-state index contributed by atoms with van der Waals surface area (Å²) < 4.78 is 10.6. The summed E-state index contributed by atoms with van der Waals surface area (Å²) >= 11 is 0. The molecule has 2 aromatic carbocycles. The van der Waals surface area contributed by atoms with Gasteiger partial charge in [-0.25, -0.2) is 4.98 Å². The van der Waals surface area contributed by atoms with Gasteiger partial charge in [0.15, 0.2) is 5.58 Å². The molecule has 0 radical (unpaired) electrons. The summed E-state index contributed by atoms with van der Waals surface area (Å²) in [6.45, 7) is 2.43. The predicted molar refractivity (Wildman–Crippen MR) is 101 cm³/mol. The molecule has 1 amide bonds. The fourth-order valence-electron chi connectivity index (χ4n) is 3.37. The van der Waals surface area contributed by atoms with Crippen LogP contribution >= 0.6 is 0 Å². The minimum absolute atomic E-state index is 0.0939. The molecule has 1 saturated heterocycles. The van der Waals surface area contributed by atoms with E-state index in [0.717, 1.165) is 12.0 Å². The van der Waals surface area contributed by atoms with Gasteiger partial charge in [-0.15, -0.1) is 0 Å². The number of methoxy groups -OCH3 is 1. The van der Waals surface area contributed by atoms with Crippen molar-refractivity contribution in [3.05, 3.63) is 48.0 Å². The van der Waals surface area contributed by atoms with Gasteiger partial charge < -0.3 is 14.1 Å². The highest BCUT2D eigenvalue weighted by molar-refractivity contribution is 6.00. The number of ether oxygens (including phenoxy) is 1. The molecule has 0 N–H and O–H groups in total. The van der Waals surface area contributed by atoms with Gasteiger partial charge in [-0.05, 0) is 42.3 Å². The fourth-order valence-corrected chi connectivity index (χ4v) is 3.37. The van der Waals surface area contributed by atoms with Crippen LogP contribution in [0.25, 0.3) is 22.6 Å². The van der Waals surface area contributed by atoms with Crippen molar-refractivity contribution in [3.8, 4) is 11.5 Å². The lowest BCUT2D eigenvalue weighted by atomic mass is 10.1. The number of fused-ring (bicyclic) bond motifs is 1. The van der Waals surface area contributed by atoms with Crippen molar-refractivity contribution in [2.45, 2.75) is 19.8 Å². The molecule has 6 nitrogen and oxygen atoms in total. The van der Waals surface area contributed by atoms with Crippen molar-refractivity contribution < 1.29 is 18.7 Å². The summed E-state index contributed by atoms with van der Waals surface area (Å²) in [5.74, 6) is -0.331. The third-order valence-corrected chi connectivity index (χ3v) is 4.95. The number of rotatable bonds is 4. The van der Waals surface area contributed by atoms with Gasteiger partial charge in [0.25, 0.3) is 0 Å². The molecular weight excluding hydrogens is 344 g/mol. The van der Waals surface area contributed by atoms with Gasteiger partial charge in [0.2, 0.25) is 11.8 Å². The molecule has 1 aromatic heterocycles. The zero-order valence-electron chi connectivity index (χ0n) is 15.3. The maximum Gasteiger partial charge on any atom is 0.311 e. The van der Waals surface area contributed by atoms with Crippen LogP contribution in [0.3, 0.4) is 0 Å². The molecule has 138 valence electrons. The van der Waals surface area contributed by atoms with E-state index in [4.69, 9.17) is 9.15 Å². The number of nitrogens with zero attached hydrogens (tertiary/aromatic N) is 2. The minimum atomic E-state index is -0.428. The Hall–Kier alpha value is -3.15. The molecule has 0 saturated carbocycles. The summed E-state index contributed by atoms with van der Waals surface area (Å²) in [5, 5.41) is 0. The molecular formula is C21H20N2O4. The molecule has 2 heterocycles. The van der Waals surface area contributed by atoms with Crippen LogP contribution < -0.4 is 4.90 Å². The van der Waals surface area contributed by atoms with Crippen LogP contribution in [0.2, 0.25) is 0 Å². The predicted octanol–water partition coefficient (Wildman–Crippen LogP) is 3.58. The number of aromatic nitrogens is 1. The Morgan fingerprint density at radius 2 is 2.04 bits per heavy atom. The molecule has 1 aliphatic rings. The lowest BCUT2D eigenvalue weighted by molar-refractivity contribution is -0.145. The number of amides is 1. The number of benzene rings is 2. The lowest BCUT2D eigenvalue weighted by Gasteiger charge is -2.16. The van der Waals surface area contributed by atoms with Gasteiger partial charge in [-0.3, -0.25) is 9.59 Å². The molecule has 1 aliphatic heterocycles. The van der Waals surface area contributed by atoms with Crippen molar-refractivity contribution in [1.29, 1.82) is 0 Å². The summed E-state index contributed by atoms with van der Waals surface area (Å²) in [6, 6.07) is 13.6. The highest BCUT2D eigenvalue weighted by atomic mass is 16.5. The molecule has 1 unspecified atom stereocenters. The number of carbonyl (C=O) groups is 2. The van der Waals surface area contributed by atoms with Gasteiger partial charge >= 0.3 is 5.97 Å². The zero-order chi connectivity index (χ0) is 19.0. The average molecular weight is 364 g/mol. The van der Waals surface area contributed by atoms with Gasteiger partial charge in [0.1, 0.15) is 5.52 Å². The normalized spacial score (nSPS) is 16.9. The number of anilines is 1. The van der Waals surface area contributed by atoms with E-state index in [-0.39, 0.29) is 18.3 Å². The molecule has 6 heteroatoms. The summed E-state index contributed by atoms with van der Waals surface area (Å²) in [6.07, 6.45) is 1.15. The number of esters is 1. The average Bonchev–Trinajstić information content (AvgIpc) is 3.30. The Morgan fingerprint density at radius 1 is 1.26 bits per heavy atom. The number of hydrogen-bond donors (Lipinski definition) is 0. The Bertz CT molecular complexity index is 1010. The molecule has 0 bridgehead atoms. The first kappa shape index (κ1) is 17.3. The number of hydrogen-bond acceptors (Lipinski definition) is 5. The van der Waals surface area contributed by atoms with Crippen molar-refractivity contribution in [1.82, 2.24) is 4.98 Å². The van der Waals surface area contributed by atoms with E-state index < -0.39 is 5.92 Å². The van der Waals surface area contributed by atoms with E-state index in [2.05, 4.69) is 24.0 Å². The zero-order valence-corrected chi connectivity index (χ0v) is 15.3. The largest absolute Gasteiger partial charge is 0.469 e. The van der Waals surface area contributed by atoms with Crippen molar-refractivity contribution in [2.75, 3.05) is 18.6 Å². The number of oxazole rings is 1. The minimum Gasteiger partial charge on any atom is -0.469 e. The van der Waals surface area contributed by atoms with E-state index in [1.165, 1.54) is 12.7 Å². The quantitative estimate of drug-likeness (QED) is 0.662. The third-order valence-electron chi connectivity index (χ3n) is 4.95. The van der Waals surface area contributed by atoms with E-state index in [1.54, 1.807) is 11.0 Å². The number of aryl methyl sites for hydroxylation is 1. The number of carbonyl (C=O) groups excluding carboxylic acids is 2. The van der Waals surface area contributed by atoms with Gasteiger partial charge in [0.05, 0.1) is 13.0 Å². The van der Waals surface area contributed by atoms with Crippen LogP contribution in [0.4, 0.5) is 5.69 Å². The highest BCUT2D eigenvalue weighted by Gasteiger charge is 2.36. The maximum atomic E-state index is 12.3.